The van der Waals surface area contributed by atoms with Crippen LogP contribution in [0.15, 0.2) is 54.6 Å². The molecule has 1 heterocycles. The van der Waals surface area contributed by atoms with Crippen LogP contribution in [0.25, 0.3) is 0 Å². The lowest BCUT2D eigenvalue weighted by atomic mass is 9.86. The monoisotopic (exact) mass is 396 g/mol. The Hall–Kier alpha value is -3.19. The number of anilines is 1. The van der Waals surface area contributed by atoms with Crippen LogP contribution in [0, 0.1) is 11.8 Å². The molecule has 2 amide bonds. The molecule has 0 aliphatic carbocycles. The second kappa shape index (κ2) is 9.84. The number of carboxylic acid groups (broad SMARTS) is 1. The largest absolute Gasteiger partial charge is 0.481 e. The summed E-state index contributed by atoms with van der Waals surface area (Å²) in [5.74, 6) is -2.19. The van der Waals surface area contributed by atoms with Gasteiger partial charge in [0.15, 0.2) is 0 Å². The molecular weight excluding hydrogens is 372 g/mol. The maximum Gasteiger partial charge on any atom is 0.308 e. The van der Waals surface area contributed by atoms with Crippen LogP contribution in [0.3, 0.4) is 0 Å². The van der Waals surface area contributed by atoms with E-state index in [0.717, 1.165) is 0 Å². The number of hydrogen-bond acceptors (Lipinski definition) is 4. The second-order valence-corrected chi connectivity index (χ2v) is 7.00. The molecule has 2 aromatic carbocycles. The first-order chi connectivity index (χ1) is 14.0. The Morgan fingerprint density at radius 1 is 0.931 bits per heavy atom. The van der Waals surface area contributed by atoms with Gasteiger partial charge in [-0.3, -0.25) is 14.4 Å². The molecule has 7 heteroatoms. The normalized spacial score (nSPS) is 15.3. The Balaban J connectivity index is 1.56. The molecule has 29 heavy (non-hydrogen) atoms. The fourth-order valence-corrected chi connectivity index (χ4v) is 3.38. The van der Waals surface area contributed by atoms with Gasteiger partial charge >= 0.3 is 5.97 Å². The van der Waals surface area contributed by atoms with Crippen LogP contribution in [0.2, 0.25) is 0 Å². The number of aliphatic carboxylic acids is 1. The Morgan fingerprint density at radius 2 is 1.52 bits per heavy atom. The second-order valence-electron chi connectivity index (χ2n) is 7.00. The standard InChI is InChI=1S/C22H24N2O5/c25-20(23-14-19(22(27)28)15-10-12-29-13-11-15)16-6-8-17(9-7-16)21(26)24-18-4-2-1-3-5-18/h1-9,15,19H,10-14H2,(H,23,25)(H,24,26)(H,27,28). The van der Waals surface area contributed by atoms with Gasteiger partial charge in [0.1, 0.15) is 0 Å². The first kappa shape index (κ1) is 20.5. The smallest absolute Gasteiger partial charge is 0.308 e. The molecule has 7 nitrogen and oxygen atoms in total. The molecule has 1 saturated heterocycles. The summed E-state index contributed by atoms with van der Waals surface area (Å²) < 4.78 is 5.28. The number of carboxylic acids is 1. The summed E-state index contributed by atoms with van der Waals surface area (Å²) in [5, 5.41) is 15.0. The van der Waals surface area contributed by atoms with E-state index in [2.05, 4.69) is 10.6 Å². The van der Waals surface area contributed by atoms with Gasteiger partial charge in [0, 0.05) is 36.6 Å². The highest BCUT2D eigenvalue weighted by atomic mass is 16.5. The zero-order valence-electron chi connectivity index (χ0n) is 16.0. The van der Waals surface area contributed by atoms with Crippen molar-refractivity contribution in [2.75, 3.05) is 25.1 Å². The van der Waals surface area contributed by atoms with E-state index in [1.165, 1.54) is 0 Å². The zero-order valence-corrected chi connectivity index (χ0v) is 16.0. The highest BCUT2D eigenvalue weighted by Gasteiger charge is 2.30. The third-order valence-corrected chi connectivity index (χ3v) is 5.08. The summed E-state index contributed by atoms with van der Waals surface area (Å²) >= 11 is 0. The highest BCUT2D eigenvalue weighted by Crippen LogP contribution is 2.24. The van der Waals surface area contributed by atoms with Crippen LogP contribution in [-0.4, -0.2) is 42.6 Å². The van der Waals surface area contributed by atoms with Crippen LogP contribution in [0.5, 0.6) is 0 Å². The van der Waals surface area contributed by atoms with Crippen LogP contribution in [-0.2, 0) is 9.53 Å². The Kier molecular flexibility index (Phi) is 6.97. The predicted molar refractivity (Wildman–Crippen MR) is 108 cm³/mol. The first-order valence-corrected chi connectivity index (χ1v) is 9.60. The highest BCUT2D eigenvalue weighted by molar-refractivity contribution is 6.05. The fourth-order valence-electron chi connectivity index (χ4n) is 3.38. The van der Waals surface area contributed by atoms with Crippen molar-refractivity contribution in [3.63, 3.8) is 0 Å². The lowest BCUT2D eigenvalue weighted by molar-refractivity contribution is -0.144. The molecule has 1 unspecified atom stereocenters. The maximum atomic E-state index is 12.4. The topological polar surface area (TPSA) is 105 Å². The van der Waals surface area contributed by atoms with E-state index in [4.69, 9.17) is 4.74 Å². The van der Waals surface area contributed by atoms with Crippen molar-refractivity contribution >= 4 is 23.5 Å². The molecule has 3 rings (SSSR count). The van der Waals surface area contributed by atoms with E-state index in [9.17, 15) is 19.5 Å². The Labute approximate surface area is 169 Å². The molecule has 1 aliphatic rings. The number of amides is 2. The van der Waals surface area contributed by atoms with E-state index in [0.29, 0.717) is 42.9 Å². The summed E-state index contributed by atoms with van der Waals surface area (Å²) in [6.07, 6.45) is 1.36. The van der Waals surface area contributed by atoms with Crippen molar-refractivity contribution in [3.05, 3.63) is 65.7 Å². The van der Waals surface area contributed by atoms with Crippen molar-refractivity contribution in [1.82, 2.24) is 5.32 Å². The van der Waals surface area contributed by atoms with E-state index in [1.807, 2.05) is 18.2 Å². The molecule has 0 bridgehead atoms. The number of para-hydroxylation sites is 1. The fraction of sp³-hybridized carbons (Fsp3) is 0.318. The van der Waals surface area contributed by atoms with Crippen LogP contribution >= 0.6 is 0 Å². The quantitative estimate of drug-likeness (QED) is 0.668. The molecule has 0 spiro atoms. The number of nitrogens with one attached hydrogen (secondary N) is 2. The van der Waals surface area contributed by atoms with Crippen molar-refractivity contribution in [2.45, 2.75) is 12.8 Å². The Bertz CT molecular complexity index is 845. The number of carbonyl (C=O) groups excluding carboxylic acids is 2. The third-order valence-electron chi connectivity index (χ3n) is 5.08. The summed E-state index contributed by atoms with van der Waals surface area (Å²) in [5.41, 5.74) is 1.49. The lowest BCUT2D eigenvalue weighted by Crippen LogP contribution is -2.39. The van der Waals surface area contributed by atoms with Gasteiger partial charge in [0.2, 0.25) is 0 Å². The minimum absolute atomic E-state index is 0.00870. The Morgan fingerprint density at radius 3 is 2.10 bits per heavy atom. The van der Waals surface area contributed by atoms with Gasteiger partial charge < -0.3 is 20.5 Å². The van der Waals surface area contributed by atoms with Crippen LogP contribution in [0.1, 0.15) is 33.6 Å². The predicted octanol–water partition coefficient (Wildman–Crippen LogP) is 2.80. The molecule has 2 aromatic rings. The summed E-state index contributed by atoms with van der Waals surface area (Å²) in [6.45, 7) is 1.17. The molecular formula is C22H24N2O5. The maximum absolute atomic E-state index is 12.4. The minimum Gasteiger partial charge on any atom is -0.481 e. The number of hydrogen-bond donors (Lipinski definition) is 3. The van der Waals surface area contributed by atoms with E-state index >= 15 is 0 Å². The van der Waals surface area contributed by atoms with E-state index in [1.54, 1.807) is 36.4 Å². The number of ether oxygens (including phenoxy) is 1. The van der Waals surface area contributed by atoms with Crippen molar-refractivity contribution in [3.8, 4) is 0 Å². The SMILES string of the molecule is O=C(NCC(C(=O)O)C1CCOCC1)c1ccc(C(=O)Nc2ccccc2)cc1. The molecule has 0 saturated carbocycles. The molecule has 3 N–H and O–H groups in total. The van der Waals surface area contributed by atoms with Gasteiger partial charge in [0.25, 0.3) is 11.8 Å². The zero-order chi connectivity index (χ0) is 20.6. The summed E-state index contributed by atoms with van der Waals surface area (Å²) in [6, 6.07) is 15.3. The summed E-state index contributed by atoms with van der Waals surface area (Å²) in [7, 11) is 0. The van der Waals surface area contributed by atoms with Crippen molar-refractivity contribution in [1.29, 1.82) is 0 Å². The molecule has 1 fully saturated rings. The third kappa shape index (κ3) is 5.65. The van der Waals surface area contributed by atoms with Gasteiger partial charge in [-0.15, -0.1) is 0 Å². The minimum atomic E-state index is -0.912. The molecule has 1 aliphatic heterocycles. The van der Waals surface area contributed by atoms with E-state index < -0.39 is 11.9 Å². The molecule has 152 valence electrons. The molecule has 0 radical (unpaired) electrons. The molecule has 1 atom stereocenters. The van der Waals surface area contributed by atoms with Crippen LogP contribution in [0.4, 0.5) is 5.69 Å². The van der Waals surface area contributed by atoms with Crippen molar-refractivity contribution in [2.24, 2.45) is 11.8 Å². The number of carbonyl (C=O) groups is 3. The van der Waals surface area contributed by atoms with Gasteiger partial charge in [0.05, 0.1) is 5.92 Å². The number of benzene rings is 2. The molecule has 0 aromatic heterocycles. The van der Waals surface area contributed by atoms with Gasteiger partial charge in [-0.1, -0.05) is 18.2 Å². The lowest BCUT2D eigenvalue weighted by Gasteiger charge is -2.27. The van der Waals surface area contributed by atoms with Crippen molar-refractivity contribution < 1.29 is 24.2 Å². The van der Waals surface area contributed by atoms with Gasteiger partial charge in [-0.2, -0.15) is 0 Å². The van der Waals surface area contributed by atoms with Gasteiger partial charge in [-0.05, 0) is 55.2 Å². The van der Waals surface area contributed by atoms with Gasteiger partial charge in [-0.25, -0.2) is 0 Å². The first-order valence-electron chi connectivity index (χ1n) is 9.60. The number of rotatable bonds is 7. The van der Waals surface area contributed by atoms with Crippen LogP contribution < -0.4 is 10.6 Å². The van der Waals surface area contributed by atoms with E-state index in [-0.39, 0.29) is 24.3 Å². The summed E-state index contributed by atoms with van der Waals surface area (Å²) in [4.78, 5) is 36.3. The average molecular weight is 396 g/mol. The average Bonchev–Trinajstić information content (AvgIpc) is 2.75.